The first-order chi connectivity index (χ1) is 11.6. The van der Waals surface area contributed by atoms with Gasteiger partial charge in [-0.1, -0.05) is 34.1 Å². The number of hydrogen-bond acceptors (Lipinski definition) is 4. The van der Waals surface area contributed by atoms with E-state index in [0.717, 1.165) is 20.5 Å². The number of benzene rings is 1. The molecule has 0 spiro atoms. The van der Waals surface area contributed by atoms with Crippen molar-refractivity contribution >= 4 is 44.6 Å². The molecule has 24 heavy (non-hydrogen) atoms. The normalized spacial score (nSPS) is 20.6. The van der Waals surface area contributed by atoms with Crippen molar-refractivity contribution in [3.63, 3.8) is 0 Å². The highest BCUT2D eigenvalue weighted by molar-refractivity contribution is 9.10. The fourth-order valence-corrected chi connectivity index (χ4v) is 4.06. The standard InChI is InChI=1S/C19H17BrO3S/c1-2-23-19(22)18-15(12-5-7-14(20)8-6-12)10-13(11-16(18)21)17-4-3-9-24-17/h3-9,11,15,18H,2,10H2,1H3/t15-,18+/m1/s1. The third-order valence-corrected chi connectivity index (χ3v) is 5.62. The van der Waals surface area contributed by atoms with Gasteiger partial charge in [0, 0.05) is 15.3 Å². The Bertz CT molecular complexity index is 762. The monoisotopic (exact) mass is 404 g/mol. The second kappa shape index (κ2) is 7.45. The molecule has 0 bridgehead atoms. The second-order valence-corrected chi connectivity index (χ2v) is 7.50. The lowest BCUT2D eigenvalue weighted by Crippen LogP contribution is -2.33. The molecule has 0 fully saturated rings. The molecule has 0 unspecified atom stereocenters. The molecule has 3 nitrogen and oxygen atoms in total. The zero-order valence-electron chi connectivity index (χ0n) is 13.2. The van der Waals surface area contributed by atoms with E-state index >= 15 is 0 Å². The zero-order chi connectivity index (χ0) is 17.1. The number of esters is 1. The summed E-state index contributed by atoms with van der Waals surface area (Å²) in [5, 5.41) is 1.99. The summed E-state index contributed by atoms with van der Waals surface area (Å²) in [4.78, 5) is 26.1. The van der Waals surface area contributed by atoms with Gasteiger partial charge in [0.2, 0.25) is 0 Å². The lowest BCUT2D eigenvalue weighted by atomic mass is 9.74. The third-order valence-electron chi connectivity index (χ3n) is 4.14. The Hall–Kier alpha value is -1.72. The minimum Gasteiger partial charge on any atom is -0.465 e. The van der Waals surface area contributed by atoms with Crippen LogP contribution in [0.1, 0.15) is 29.7 Å². The van der Waals surface area contributed by atoms with Crippen LogP contribution in [-0.4, -0.2) is 18.4 Å². The van der Waals surface area contributed by atoms with E-state index in [-0.39, 0.29) is 18.3 Å². The van der Waals surface area contributed by atoms with E-state index < -0.39 is 11.9 Å². The quantitative estimate of drug-likeness (QED) is 0.541. The Morgan fingerprint density at radius 1 is 1.29 bits per heavy atom. The van der Waals surface area contributed by atoms with Crippen molar-refractivity contribution in [3.8, 4) is 0 Å². The number of thiophene rings is 1. The minimum absolute atomic E-state index is 0.170. The van der Waals surface area contributed by atoms with Crippen LogP contribution in [0.4, 0.5) is 0 Å². The molecule has 0 amide bonds. The van der Waals surface area contributed by atoms with Gasteiger partial charge in [-0.15, -0.1) is 11.3 Å². The average Bonchev–Trinajstić information content (AvgIpc) is 3.09. The summed E-state index contributed by atoms with van der Waals surface area (Å²) in [5.41, 5.74) is 1.97. The number of carbonyl (C=O) groups is 2. The van der Waals surface area contributed by atoms with E-state index in [1.807, 2.05) is 41.8 Å². The molecule has 1 heterocycles. The first-order valence-electron chi connectivity index (χ1n) is 7.80. The molecule has 124 valence electrons. The van der Waals surface area contributed by atoms with Crippen LogP contribution in [0.25, 0.3) is 5.57 Å². The summed E-state index contributed by atoms with van der Waals surface area (Å²) in [7, 11) is 0. The summed E-state index contributed by atoms with van der Waals surface area (Å²) >= 11 is 5.03. The van der Waals surface area contributed by atoms with Crippen molar-refractivity contribution in [2.45, 2.75) is 19.3 Å². The van der Waals surface area contributed by atoms with Crippen molar-refractivity contribution in [1.29, 1.82) is 0 Å². The molecule has 5 heteroatoms. The number of carbonyl (C=O) groups excluding carboxylic acids is 2. The Labute approximate surface area is 153 Å². The first-order valence-corrected chi connectivity index (χ1v) is 9.47. The number of rotatable bonds is 4. The van der Waals surface area contributed by atoms with Gasteiger partial charge in [0.15, 0.2) is 5.78 Å². The van der Waals surface area contributed by atoms with Gasteiger partial charge in [0.1, 0.15) is 5.92 Å². The maximum absolute atomic E-state index is 12.7. The van der Waals surface area contributed by atoms with Gasteiger partial charge in [0.25, 0.3) is 0 Å². The van der Waals surface area contributed by atoms with Gasteiger partial charge < -0.3 is 4.74 Å². The van der Waals surface area contributed by atoms with Crippen LogP contribution in [-0.2, 0) is 14.3 Å². The van der Waals surface area contributed by atoms with Crippen LogP contribution < -0.4 is 0 Å². The highest BCUT2D eigenvalue weighted by Gasteiger charge is 2.39. The van der Waals surface area contributed by atoms with E-state index in [2.05, 4.69) is 15.9 Å². The van der Waals surface area contributed by atoms with Crippen LogP contribution in [0.15, 0.2) is 52.3 Å². The molecule has 0 saturated heterocycles. The van der Waals surface area contributed by atoms with E-state index in [0.29, 0.717) is 6.42 Å². The van der Waals surface area contributed by atoms with Crippen molar-refractivity contribution in [3.05, 3.63) is 62.8 Å². The average molecular weight is 405 g/mol. The molecule has 0 aliphatic heterocycles. The fourth-order valence-electron chi connectivity index (χ4n) is 3.04. The first kappa shape index (κ1) is 17.1. The SMILES string of the molecule is CCOC(=O)[C@@H]1C(=O)C=C(c2cccs2)C[C@@H]1c1ccc(Br)cc1. The molecule has 3 rings (SSSR count). The minimum atomic E-state index is -0.769. The highest BCUT2D eigenvalue weighted by atomic mass is 79.9. The van der Waals surface area contributed by atoms with Crippen molar-refractivity contribution < 1.29 is 14.3 Å². The molecule has 2 aromatic rings. The molecular weight excluding hydrogens is 388 g/mol. The highest BCUT2D eigenvalue weighted by Crippen LogP contribution is 2.41. The maximum atomic E-state index is 12.7. The van der Waals surface area contributed by atoms with Crippen molar-refractivity contribution in [2.75, 3.05) is 6.61 Å². The smallest absolute Gasteiger partial charge is 0.317 e. The summed E-state index contributed by atoms with van der Waals surface area (Å²) in [6.45, 7) is 2.03. The Morgan fingerprint density at radius 2 is 2.04 bits per heavy atom. The topological polar surface area (TPSA) is 43.4 Å². The molecule has 1 aliphatic carbocycles. The van der Waals surface area contributed by atoms with E-state index in [9.17, 15) is 9.59 Å². The molecule has 0 saturated carbocycles. The van der Waals surface area contributed by atoms with Gasteiger partial charge in [-0.3, -0.25) is 9.59 Å². The molecule has 0 N–H and O–H groups in total. The Kier molecular flexibility index (Phi) is 5.31. The van der Waals surface area contributed by atoms with Crippen molar-refractivity contribution in [2.24, 2.45) is 5.92 Å². The largest absolute Gasteiger partial charge is 0.465 e. The van der Waals surface area contributed by atoms with Crippen molar-refractivity contribution in [1.82, 2.24) is 0 Å². The van der Waals surface area contributed by atoms with Gasteiger partial charge in [-0.2, -0.15) is 0 Å². The second-order valence-electron chi connectivity index (χ2n) is 5.64. The molecule has 1 aromatic heterocycles. The third kappa shape index (κ3) is 3.52. The van der Waals surface area contributed by atoms with Gasteiger partial charge in [0.05, 0.1) is 6.61 Å². The predicted molar refractivity (Wildman–Crippen MR) is 98.9 cm³/mol. The fraction of sp³-hybridized carbons (Fsp3) is 0.263. The number of ketones is 1. The number of halogens is 1. The van der Waals surface area contributed by atoms with Gasteiger partial charge in [-0.05, 0) is 54.1 Å². The molecule has 1 aliphatic rings. The van der Waals surface area contributed by atoms with Crippen LogP contribution in [0.2, 0.25) is 0 Å². The Morgan fingerprint density at radius 3 is 2.67 bits per heavy atom. The Balaban J connectivity index is 2.00. The zero-order valence-corrected chi connectivity index (χ0v) is 15.6. The van der Waals surface area contributed by atoms with Crippen LogP contribution in [0.5, 0.6) is 0 Å². The molecule has 0 radical (unpaired) electrons. The van der Waals surface area contributed by atoms with Crippen LogP contribution in [0.3, 0.4) is 0 Å². The summed E-state index contributed by atoms with van der Waals surface area (Å²) in [6.07, 6.45) is 2.26. The number of allylic oxidation sites excluding steroid dienone is 2. The van der Waals surface area contributed by atoms with E-state index in [4.69, 9.17) is 4.74 Å². The van der Waals surface area contributed by atoms with Crippen LogP contribution in [0, 0.1) is 5.92 Å². The lowest BCUT2D eigenvalue weighted by Gasteiger charge is -2.29. The molecule has 2 atom stereocenters. The molecule has 1 aromatic carbocycles. The number of ether oxygens (including phenoxy) is 1. The van der Waals surface area contributed by atoms with E-state index in [1.165, 1.54) is 0 Å². The van der Waals surface area contributed by atoms with E-state index in [1.54, 1.807) is 24.3 Å². The summed E-state index contributed by atoms with van der Waals surface area (Å²) in [6, 6.07) is 11.8. The van der Waals surface area contributed by atoms with Crippen LogP contribution >= 0.6 is 27.3 Å². The number of hydrogen-bond donors (Lipinski definition) is 0. The lowest BCUT2D eigenvalue weighted by molar-refractivity contribution is -0.151. The van der Waals surface area contributed by atoms with Gasteiger partial charge in [-0.25, -0.2) is 0 Å². The predicted octanol–water partition coefficient (Wildman–Crippen LogP) is 4.83. The summed E-state index contributed by atoms with van der Waals surface area (Å²) < 4.78 is 6.13. The molecular formula is C19H17BrO3S. The van der Waals surface area contributed by atoms with Gasteiger partial charge >= 0.3 is 5.97 Å². The summed E-state index contributed by atoms with van der Waals surface area (Å²) in [5.74, 6) is -1.57. The maximum Gasteiger partial charge on any atom is 0.317 e.